The lowest BCUT2D eigenvalue weighted by Crippen LogP contribution is -2.60. The lowest BCUT2D eigenvalue weighted by Gasteiger charge is -2.44. The van der Waals surface area contributed by atoms with Gasteiger partial charge >= 0.3 is 0 Å². The number of benzene rings is 1. The van der Waals surface area contributed by atoms with Gasteiger partial charge in [0.25, 0.3) is 0 Å². The van der Waals surface area contributed by atoms with Gasteiger partial charge in [0, 0.05) is 12.8 Å². The molecule has 2 aliphatic heterocycles. The van der Waals surface area contributed by atoms with E-state index in [2.05, 4.69) is 0 Å². The van der Waals surface area contributed by atoms with E-state index in [0.29, 0.717) is 11.1 Å². The molecule has 2 heterocycles. The summed E-state index contributed by atoms with van der Waals surface area (Å²) in [5, 5.41) is 59.3. The second-order valence-electron chi connectivity index (χ2n) is 8.14. The second-order valence-corrected chi connectivity index (χ2v) is 8.14. The number of hydrogen-bond donors (Lipinski definition) is 6. The van der Waals surface area contributed by atoms with Gasteiger partial charge in [0.15, 0.2) is 12.1 Å². The maximum absolute atomic E-state index is 13.0. The number of fused-ring (bicyclic) bond motifs is 1. The van der Waals surface area contributed by atoms with E-state index in [1.54, 1.807) is 12.1 Å². The molecule has 10 heteroatoms. The first-order valence-corrected chi connectivity index (χ1v) is 10.1. The number of ketones is 1. The van der Waals surface area contributed by atoms with E-state index in [1.165, 1.54) is 18.4 Å². The smallest absolute Gasteiger partial charge is 0.186 e. The maximum Gasteiger partial charge on any atom is 0.186 e. The number of aliphatic hydroxyl groups excluding tert-OH is 5. The summed E-state index contributed by atoms with van der Waals surface area (Å²) in [6.45, 7) is -0.578. The summed E-state index contributed by atoms with van der Waals surface area (Å²) in [4.78, 5) is 13.0. The zero-order valence-corrected chi connectivity index (χ0v) is 16.5. The van der Waals surface area contributed by atoms with Gasteiger partial charge in [0.2, 0.25) is 0 Å². The van der Waals surface area contributed by atoms with E-state index < -0.39 is 61.5 Å². The summed E-state index contributed by atoms with van der Waals surface area (Å²) >= 11 is 0. The van der Waals surface area contributed by atoms with Gasteiger partial charge < -0.3 is 44.8 Å². The Kier molecular flexibility index (Phi) is 6.31. The van der Waals surface area contributed by atoms with Crippen molar-refractivity contribution in [3.63, 3.8) is 0 Å². The minimum atomic E-state index is -1.57. The van der Waals surface area contributed by atoms with E-state index in [4.69, 9.17) is 14.2 Å². The highest BCUT2D eigenvalue weighted by molar-refractivity contribution is 6.22. The molecule has 0 aromatic heterocycles. The third-order valence-electron chi connectivity index (χ3n) is 6.10. The molecule has 1 saturated carbocycles. The molecule has 9 atom stereocenters. The van der Waals surface area contributed by atoms with Crippen molar-refractivity contribution in [1.29, 1.82) is 0 Å². The first kappa shape index (κ1) is 22.2. The number of hydrogen-bond acceptors (Lipinski definition) is 10. The van der Waals surface area contributed by atoms with Crippen molar-refractivity contribution >= 4 is 11.4 Å². The van der Waals surface area contributed by atoms with Crippen molar-refractivity contribution in [2.75, 3.05) is 6.61 Å². The predicted molar refractivity (Wildman–Crippen MR) is 103 cm³/mol. The summed E-state index contributed by atoms with van der Waals surface area (Å²) in [5.74, 6) is -1.01. The molecule has 0 radical (unpaired) electrons. The third kappa shape index (κ3) is 4.20. The predicted octanol–water partition coefficient (Wildman–Crippen LogP) is -1.34. The monoisotopic (exact) mass is 438 g/mol. The van der Waals surface area contributed by atoms with Gasteiger partial charge in [0.1, 0.15) is 36.3 Å². The third-order valence-corrected chi connectivity index (χ3v) is 6.10. The average Bonchev–Trinajstić information content (AvgIpc) is 2.75. The molecule has 3 aliphatic rings. The molecule has 1 aromatic rings. The number of phenols is 1. The molecule has 0 bridgehead atoms. The van der Waals surface area contributed by atoms with Crippen LogP contribution in [-0.2, 0) is 19.0 Å². The van der Waals surface area contributed by atoms with E-state index >= 15 is 0 Å². The maximum atomic E-state index is 13.0. The SMILES string of the molecule is O=C1C(c2ccc(O)cc2)=COC2CC(O[C@@H]3O[C@H](CO)[C@@H](O)[C@H](O)[C@H]3O)CC(O)C12. The van der Waals surface area contributed by atoms with Gasteiger partial charge in [-0.1, -0.05) is 12.1 Å². The van der Waals surface area contributed by atoms with Crippen LogP contribution in [0.4, 0.5) is 0 Å². The average molecular weight is 438 g/mol. The fourth-order valence-electron chi connectivity index (χ4n) is 4.37. The molecule has 0 amide bonds. The van der Waals surface area contributed by atoms with Gasteiger partial charge in [0.05, 0.1) is 36.6 Å². The van der Waals surface area contributed by atoms with Gasteiger partial charge in [-0.3, -0.25) is 4.79 Å². The van der Waals surface area contributed by atoms with Crippen LogP contribution < -0.4 is 0 Å². The van der Waals surface area contributed by atoms with Crippen LogP contribution in [0.2, 0.25) is 0 Å². The van der Waals surface area contributed by atoms with Crippen LogP contribution in [0, 0.1) is 5.92 Å². The Bertz CT molecular complexity index is 822. The Morgan fingerprint density at radius 3 is 2.39 bits per heavy atom. The molecule has 31 heavy (non-hydrogen) atoms. The van der Waals surface area contributed by atoms with Crippen LogP contribution >= 0.6 is 0 Å². The Hall–Kier alpha value is -2.05. The van der Waals surface area contributed by atoms with E-state index in [0.717, 1.165) is 0 Å². The number of allylic oxidation sites excluding steroid dienone is 1. The number of carbonyl (C=O) groups excluding carboxylic acids is 1. The summed E-state index contributed by atoms with van der Waals surface area (Å²) in [5.41, 5.74) is 0.863. The Labute approximate surface area is 177 Å². The molecular weight excluding hydrogens is 412 g/mol. The zero-order chi connectivity index (χ0) is 22.3. The molecule has 170 valence electrons. The van der Waals surface area contributed by atoms with Crippen LogP contribution in [-0.4, -0.2) is 92.0 Å². The minimum absolute atomic E-state index is 0.0636. The quantitative estimate of drug-likeness (QED) is 0.331. The van der Waals surface area contributed by atoms with Crippen molar-refractivity contribution in [2.24, 2.45) is 5.92 Å². The number of carbonyl (C=O) groups is 1. The van der Waals surface area contributed by atoms with Gasteiger partial charge in [-0.15, -0.1) is 0 Å². The lowest BCUT2D eigenvalue weighted by atomic mass is 9.76. The Morgan fingerprint density at radius 2 is 1.71 bits per heavy atom. The lowest BCUT2D eigenvalue weighted by molar-refractivity contribution is -0.316. The normalized spacial score (nSPS) is 40.6. The fraction of sp³-hybridized carbons (Fsp3) is 0.571. The molecule has 4 unspecified atom stereocenters. The van der Waals surface area contributed by atoms with Crippen molar-refractivity contribution in [2.45, 2.75) is 61.9 Å². The van der Waals surface area contributed by atoms with Gasteiger partial charge in [-0.25, -0.2) is 0 Å². The highest BCUT2D eigenvalue weighted by Crippen LogP contribution is 2.38. The summed E-state index contributed by atoms with van der Waals surface area (Å²) in [6.07, 6.45) is -7.83. The highest BCUT2D eigenvalue weighted by atomic mass is 16.7. The summed E-state index contributed by atoms with van der Waals surface area (Å²) in [6, 6.07) is 6.08. The van der Waals surface area contributed by atoms with Crippen LogP contribution in [0.15, 0.2) is 30.5 Å². The molecular formula is C21H26O10. The van der Waals surface area contributed by atoms with E-state index in [9.17, 15) is 35.4 Å². The molecule has 1 aromatic carbocycles. The molecule has 1 saturated heterocycles. The van der Waals surface area contributed by atoms with Crippen molar-refractivity contribution < 1.29 is 49.6 Å². The highest BCUT2D eigenvalue weighted by Gasteiger charge is 2.49. The number of phenolic OH excluding ortho intramolecular Hbond substituents is 1. The van der Waals surface area contributed by atoms with Crippen molar-refractivity contribution in [1.82, 2.24) is 0 Å². The first-order valence-electron chi connectivity index (χ1n) is 10.1. The van der Waals surface area contributed by atoms with Crippen molar-refractivity contribution in [3.8, 4) is 5.75 Å². The summed E-state index contributed by atoms with van der Waals surface area (Å²) < 4.78 is 16.8. The second kappa shape index (κ2) is 8.83. The molecule has 1 aliphatic carbocycles. The summed E-state index contributed by atoms with van der Waals surface area (Å²) in [7, 11) is 0. The zero-order valence-electron chi connectivity index (χ0n) is 16.5. The number of Topliss-reactive ketones (excluding diaryl/α,β-unsaturated/α-hetero) is 1. The number of aliphatic hydroxyl groups is 5. The molecule has 10 nitrogen and oxygen atoms in total. The molecule has 6 N–H and O–H groups in total. The van der Waals surface area contributed by atoms with Crippen LogP contribution in [0.1, 0.15) is 18.4 Å². The number of aromatic hydroxyl groups is 1. The van der Waals surface area contributed by atoms with Crippen molar-refractivity contribution in [3.05, 3.63) is 36.1 Å². The minimum Gasteiger partial charge on any atom is -0.508 e. The fourth-order valence-corrected chi connectivity index (χ4v) is 4.37. The van der Waals surface area contributed by atoms with Crippen LogP contribution in [0.5, 0.6) is 5.75 Å². The van der Waals surface area contributed by atoms with E-state index in [-0.39, 0.29) is 24.4 Å². The van der Waals surface area contributed by atoms with Gasteiger partial charge in [-0.2, -0.15) is 0 Å². The number of rotatable bonds is 4. The van der Waals surface area contributed by atoms with Crippen LogP contribution in [0.3, 0.4) is 0 Å². The van der Waals surface area contributed by atoms with E-state index in [1.807, 2.05) is 0 Å². The standard InChI is InChI=1S/C21H26O10/c22-7-15-18(26)19(27)20(28)21(31-15)30-11-5-13(24)16-14(6-11)29-8-12(17(16)25)9-1-3-10(23)4-2-9/h1-4,8,11,13-16,18-24,26-28H,5-7H2/t11?,13?,14?,15-,16?,18-,19+,20-,21-/m1/s1. The molecule has 0 spiro atoms. The molecule has 4 rings (SSSR count). The topological polar surface area (TPSA) is 166 Å². The molecule has 2 fully saturated rings. The number of ether oxygens (including phenoxy) is 3. The van der Waals surface area contributed by atoms with Crippen LogP contribution in [0.25, 0.3) is 5.57 Å². The Balaban J connectivity index is 1.46. The Morgan fingerprint density at radius 1 is 1.00 bits per heavy atom. The largest absolute Gasteiger partial charge is 0.508 e. The first-order chi connectivity index (χ1) is 14.8. The van der Waals surface area contributed by atoms with Gasteiger partial charge in [-0.05, 0) is 17.7 Å².